The Kier molecular flexibility index (Phi) is 7.11. The molecular weight excluding hydrogens is 369 g/mol. The first-order chi connectivity index (χ1) is 14.1. The Balaban J connectivity index is 1.77. The van der Waals surface area contributed by atoms with Crippen molar-refractivity contribution in [3.8, 4) is 0 Å². The molecule has 0 atom stereocenters. The summed E-state index contributed by atoms with van der Waals surface area (Å²) in [6, 6.07) is 13.3. The normalized spacial score (nSPS) is 11.0. The van der Waals surface area contributed by atoms with E-state index in [0.717, 1.165) is 31.2 Å². The Labute approximate surface area is 169 Å². The van der Waals surface area contributed by atoms with Crippen molar-refractivity contribution in [3.63, 3.8) is 0 Å². The van der Waals surface area contributed by atoms with Crippen molar-refractivity contribution in [1.82, 2.24) is 15.1 Å². The number of nitrogens with one attached hydrogen (secondary N) is 1. The van der Waals surface area contributed by atoms with Crippen molar-refractivity contribution < 1.29 is 9.18 Å². The monoisotopic (exact) mass is 395 g/mol. The number of halogens is 1. The molecule has 1 amide bonds. The standard InChI is InChI=1S/C23H26FN3O2/c1-2-3-4-7-16-27-23(29)20-9-6-5-8-19(20)21(26-27)22(28)25-15-14-17-10-12-18(24)13-11-17/h5-6,8-13H,2-4,7,14-16H2,1H3,(H,25,28). The minimum absolute atomic E-state index is 0.167. The molecule has 5 nitrogen and oxygen atoms in total. The van der Waals surface area contributed by atoms with Crippen LogP contribution in [-0.4, -0.2) is 22.2 Å². The Bertz CT molecular complexity index is 1030. The first-order valence-corrected chi connectivity index (χ1v) is 10.1. The molecule has 0 aliphatic heterocycles. The fourth-order valence-electron chi connectivity index (χ4n) is 3.30. The van der Waals surface area contributed by atoms with Gasteiger partial charge in [-0.3, -0.25) is 9.59 Å². The number of aromatic nitrogens is 2. The summed E-state index contributed by atoms with van der Waals surface area (Å²) >= 11 is 0. The van der Waals surface area contributed by atoms with Gasteiger partial charge >= 0.3 is 0 Å². The van der Waals surface area contributed by atoms with Crippen molar-refractivity contribution >= 4 is 16.7 Å². The van der Waals surface area contributed by atoms with Gasteiger partial charge in [-0.05, 0) is 36.6 Å². The molecule has 0 bridgehead atoms. The maximum Gasteiger partial charge on any atom is 0.274 e. The van der Waals surface area contributed by atoms with Gasteiger partial charge in [-0.2, -0.15) is 5.10 Å². The second-order valence-electron chi connectivity index (χ2n) is 7.12. The molecule has 29 heavy (non-hydrogen) atoms. The molecule has 6 heteroatoms. The molecule has 0 spiro atoms. The number of unbranched alkanes of at least 4 members (excludes halogenated alkanes) is 3. The minimum atomic E-state index is -0.314. The fourth-order valence-corrected chi connectivity index (χ4v) is 3.30. The third kappa shape index (κ3) is 5.28. The molecule has 0 aliphatic carbocycles. The summed E-state index contributed by atoms with van der Waals surface area (Å²) in [6.07, 6.45) is 4.68. The zero-order valence-corrected chi connectivity index (χ0v) is 16.7. The highest BCUT2D eigenvalue weighted by Crippen LogP contribution is 2.14. The zero-order valence-electron chi connectivity index (χ0n) is 16.7. The predicted octanol–water partition coefficient (Wildman–Crippen LogP) is 4.09. The second kappa shape index (κ2) is 9.96. The molecule has 0 radical (unpaired) electrons. The highest BCUT2D eigenvalue weighted by atomic mass is 19.1. The van der Waals surface area contributed by atoms with Gasteiger partial charge < -0.3 is 5.32 Å². The summed E-state index contributed by atoms with van der Waals surface area (Å²) in [5, 5.41) is 8.30. The van der Waals surface area contributed by atoms with Crippen LogP contribution in [0.4, 0.5) is 4.39 Å². The van der Waals surface area contributed by atoms with E-state index in [-0.39, 0.29) is 23.0 Å². The number of benzene rings is 2. The minimum Gasteiger partial charge on any atom is -0.350 e. The smallest absolute Gasteiger partial charge is 0.274 e. The van der Waals surface area contributed by atoms with E-state index in [1.165, 1.54) is 16.8 Å². The lowest BCUT2D eigenvalue weighted by Gasteiger charge is -2.11. The summed E-state index contributed by atoms with van der Waals surface area (Å²) in [4.78, 5) is 25.5. The quantitative estimate of drug-likeness (QED) is 0.555. The lowest BCUT2D eigenvalue weighted by Crippen LogP contribution is -2.31. The van der Waals surface area contributed by atoms with E-state index in [9.17, 15) is 14.0 Å². The predicted molar refractivity (Wildman–Crippen MR) is 113 cm³/mol. The Hall–Kier alpha value is -3.02. The van der Waals surface area contributed by atoms with Crippen LogP contribution < -0.4 is 10.9 Å². The average molecular weight is 395 g/mol. The van der Waals surface area contributed by atoms with Crippen molar-refractivity contribution in [2.24, 2.45) is 0 Å². The summed E-state index contributed by atoms with van der Waals surface area (Å²) in [5.74, 6) is -0.597. The van der Waals surface area contributed by atoms with E-state index in [0.29, 0.717) is 30.3 Å². The molecule has 0 fully saturated rings. The molecule has 0 aliphatic rings. The Morgan fingerprint density at radius 3 is 2.48 bits per heavy atom. The van der Waals surface area contributed by atoms with Gasteiger partial charge in [0.05, 0.1) is 5.39 Å². The molecule has 1 heterocycles. The second-order valence-corrected chi connectivity index (χ2v) is 7.12. The molecular formula is C23H26FN3O2. The number of nitrogens with zero attached hydrogens (tertiary/aromatic N) is 2. The van der Waals surface area contributed by atoms with Crippen LogP contribution in [0.3, 0.4) is 0 Å². The van der Waals surface area contributed by atoms with Gasteiger partial charge in [-0.15, -0.1) is 0 Å². The fraction of sp³-hybridized carbons (Fsp3) is 0.348. The molecule has 3 rings (SSSR count). The van der Waals surface area contributed by atoms with Gasteiger partial charge in [0.15, 0.2) is 5.69 Å². The summed E-state index contributed by atoms with van der Waals surface area (Å²) < 4.78 is 14.4. The molecule has 152 valence electrons. The van der Waals surface area contributed by atoms with E-state index >= 15 is 0 Å². The molecule has 0 saturated carbocycles. The van der Waals surface area contributed by atoms with Crippen LogP contribution in [0.1, 0.15) is 48.7 Å². The molecule has 0 unspecified atom stereocenters. The summed E-state index contributed by atoms with van der Waals surface area (Å²) in [5.41, 5.74) is 1.03. The number of hydrogen-bond acceptors (Lipinski definition) is 3. The number of aryl methyl sites for hydroxylation is 1. The summed E-state index contributed by atoms with van der Waals surface area (Å²) in [6.45, 7) is 3.03. The van der Waals surface area contributed by atoms with Gasteiger partial charge in [0.1, 0.15) is 5.82 Å². The third-order valence-corrected chi connectivity index (χ3v) is 4.92. The number of rotatable bonds is 9. The van der Waals surface area contributed by atoms with Gasteiger partial charge in [0.25, 0.3) is 11.5 Å². The van der Waals surface area contributed by atoms with E-state index in [2.05, 4.69) is 17.3 Å². The average Bonchev–Trinajstić information content (AvgIpc) is 2.74. The Morgan fingerprint density at radius 1 is 1.03 bits per heavy atom. The van der Waals surface area contributed by atoms with Gasteiger partial charge in [0, 0.05) is 18.5 Å². The van der Waals surface area contributed by atoms with Crippen LogP contribution in [0.15, 0.2) is 53.3 Å². The molecule has 1 N–H and O–H groups in total. The van der Waals surface area contributed by atoms with Crippen molar-refractivity contribution in [3.05, 3.63) is 76.0 Å². The van der Waals surface area contributed by atoms with E-state index in [4.69, 9.17) is 0 Å². The lowest BCUT2D eigenvalue weighted by atomic mass is 10.1. The molecule has 1 aromatic heterocycles. The van der Waals surface area contributed by atoms with Crippen LogP contribution >= 0.6 is 0 Å². The van der Waals surface area contributed by atoms with E-state index in [1.807, 2.05) is 0 Å². The lowest BCUT2D eigenvalue weighted by molar-refractivity contribution is 0.0948. The zero-order chi connectivity index (χ0) is 20.6. The topological polar surface area (TPSA) is 64.0 Å². The van der Waals surface area contributed by atoms with Crippen molar-refractivity contribution in [2.75, 3.05) is 6.54 Å². The molecule has 3 aromatic rings. The number of amides is 1. The molecule has 2 aromatic carbocycles. The Morgan fingerprint density at radius 2 is 1.76 bits per heavy atom. The van der Waals surface area contributed by atoms with Gasteiger partial charge in [-0.1, -0.05) is 56.5 Å². The maximum absolute atomic E-state index is 13.0. The number of carbonyl (C=O) groups is 1. The van der Waals surface area contributed by atoms with Gasteiger partial charge in [0.2, 0.25) is 0 Å². The van der Waals surface area contributed by atoms with Crippen molar-refractivity contribution in [1.29, 1.82) is 0 Å². The first-order valence-electron chi connectivity index (χ1n) is 10.1. The SMILES string of the molecule is CCCCCCn1nc(C(=O)NCCc2ccc(F)cc2)c2ccccc2c1=O. The molecule has 0 saturated heterocycles. The largest absolute Gasteiger partial charge is 0.350 e. The van der Waals surface area contributed by atoms with E-state index < -0.39 is 0 Å². The van der Waals surface area contributed by atoms with Crippen LogP contribution in [0.2, 0.25) is 0 Å². The maximum atomic E-state index is 13.0. The number of hydrogen-bond donors (Lipinski definition) is 1. The van der Waals surface area contributed by atoms with Crippen LogP contribution in [0.5, 0.6) is 0 Å². The highest BCUT2D eigenvalue weighted by Gasteiger charge is 2.16. The third-order valence-electron chi connectivity index (χ3n) is 4.92. The van der Waals surface area contributed by atoms with Crippen LogP contribution in [0.25, 0.3) is 10.8 Å². The highest BCUT2D eigenvalue weighted by molar-refractivity contribution is 6.04. The van der Waals surface area contributed by atoms with Gasteiger partial charge in [-0.25, -0.2) is 9.07 Å². The van der Waals surface area contributed by atoms with Crippen LogP contribution in [-0.2, 0) is 13.0 Å². The number of carbonyl (C=O) groups excluding carboxylic acids is 1. The van der Waals surface area contributed by atoms with E-state index in [1.54, 1.807) is 36.4 Å². The summed E-state index contributed by atoms with van der Waals surface area (Å²) in [7, 11) is 0. The van der Waals surface area contributed by atoms with Crippen molar-refractivity contribution in [2.45, 2.75) is 45.6 Å². The van der Waals surface area contributed by atoms with Crippen LogP contribution in [0, 0.1) is 5.82 Å². The number of fused-ring (bicyclic) bond motifs is 1. The first kappa shape index (κ1) is 20.7.